The lowest BCUT2D eigenvalue weighted by Crippen LogP contribution is -2.01. The van der Waals surface area contributed by atoms with Crippen molar-refractivity contribution in [1.82, 2.24) is 10.2 Å². The summed E-state index contributed by atoms with van der Waals surface area (Å²) in [5, 5.41) is 10.4. The first-order valence-electron chi connectivity index (χ1n) is 6.91. The van der Waals surface area contributed by atoms with Crippen LogP contribution in [-0.4, -0.2) is 17.0 Å². The highest BCUT2D eigenvalue weighted by atomic mass is 35.5. The van der Waals surface area contributed by atoms with Crippen LogP contribution in [0, 0.1) is 0 Å². The van der Waals surface area contributed by atoms with Crippen LogP contribution < -0.4 is 15.2 Å². The molecule has 1 aliphatic heterocycles. The molecule has 0 aliphatic carbocycles. The lowest BCUT2D eigenvalue weighted by atomic mass is 10.0. The molecule has 3 aromatic rings. The fraction of sp³-hybridized carbons (Fsp3) is 0.125. The average Bonchev–Trinajstić information content (AvgIpc) is 3.01. The molecule has 2 aromatic carbocycles. The van der Waals surface area contributed by atoms with Gasteiger partial charge in [-0.05, 0) is 29.8 Å². The van der Waals surface area contributed by atoms with Crippen LogP contribution >= 0.6 is 23.2 Å². The van der Waals surface area contributed by atoms with E-state index in [2.05, 4.69) is 10.2 Å². The minimum Gasteiger partial charge on any atom is -0.454 e. The van der Waals surface area contributed by atoms with Gasteiger partial charge >= 0.3 is 0 Å². The number of hydrogen-bond acceptors (Lipinski definition) is 5. The molecule has 0 amide bonds. The van der Waals surface area contributed by atoms with E-state index in [1.54, 1.807) is 12.1 Å². The van der Waals surface area contributed by atoms with Crippen LogP contribution in [0.3, 0.4) is 0 Å². The van der Waals surface area contributed by atoms with E-state index in [-0.39, 0.29) is 6.79 Å². The number of anilines is 1. The summed E-state index contributed by atoms with van der Waals surface area (Å²) in [6, 6.07) is 9.26. The number of benzene rings is 2. The number of aromatic nitrogens is 2. The molecule has 2 heterocycles. The summed E-state index contributed by atoms with van der Waals surface area (Å²) >= 11 is 12.3. The number of nitrogens with zero attached hydrogens (tertiary/aromatic N) is 2. The van der Waals surface area contributed by atoms with E-state index < -0.39 is 0 Å². The van der Waals surface area contributed by atoms with Crippen molar-refractivity contribution in [3.63, 3.8) is 0 Å². The molecule has 0 saturated carbocycles. The van der Waals surface area contributed by atoms with Crippen molar-refractivity contribution < 1.29 is 9.47 Å². The summed E-state index contributed by atoms with van der Waals surface area (Å²) in [6.07, 6.45) is 0.530. The van der Waals surface area contributed by atoms with Gasteiger partial charge in [0.2, 0.25) is 6.79 Å². The number of hydrogen-bond donors (Lipinski definition) is 1. The highest BCUT2D eigenvalue weighted by molar-refractivity contribution is 6.37. The quantitative estimate of drug-likeness (QED) is 0.713. The van der Waals surface area contributed by atoms with Gasteiger partial charge in [-0.15, -0.1) is 5.10 Å². The van der Waals surface area contributed by atoms with Gasteiger partial charge in [-0.1, -0.05) is 29.3 Å². The summed E-state index contributed by atoms with van der Waals surface area (Å²) in [7, 11) is 0. The Bertz CT molecular complexity index is 931. The minimum absolute atomic E-state index is 0.241. The van der Waals surface area contributed by atoms with E-state index in [4.69, 9.17) is 38.4 Å². The fourth-order valence-corrected chi connectivity index (χ4v) is 3.01. The van der Waals surface area contributed by atoms with Gasteiger partial charge in [-0.25, -0.2) is 0 Å². The lowest BCUT2D eigenvalue weighted by molar-refractivity contribution is 0.174. The second-order valence-corrected chi connectivity index (χ2v) is 5.95. The molecular weight excluding hydrogens is 337 g/mol. The van der Waals surface area contributed by atoms with Crippen molar-refractivity contribution in [1.29, 1.82) is 0 Å². The van der Waals surface area contributed by atoms with Crippen molar-refractivity contribution in [2.45, 2.75) is 6.42 Å². The first-order chi connectivity index (χ1) is 11.1. The summed E-state index contributed by atoms with van der Waals surface area (Å²) < 4.78 is 10.7. The topological polar surface area (TPSA) is 70.3 Å². The number of nitrogen functional groups attached to an aromatic ring is 1. The van der Waals surface area contributed by atoms with Gasteiger partial charge in [0.1, 0.15) is 0 Å². The molecule has 23 heavy (non-hydrogen) atoms. The third-order valence-corrected chi connectivity index (χ3v) is 4.38. The maximum absolute atomic E-state index is 6.14. The predicted molar refractivity (Wildman–Crippen MR) is 89.3 cm³/mol. The highest BCUT2D eigenvalue weighted by Gasteiger charge is 2.16. The number of fused-ring (bicyclic) bond motifs is 2. The molecule has 2 N–H and O–H groups in total. The summed E-state index contributed by atoms with van der Waals surface area (Å²) in [4.78, 5) is 0. The van der Waals surface area contributed by atoms with Crippen LogP contribution in [0.4, 0.5) is 5.69 Å². The Morgan fingerprint density at radius 1 is 1.04 bits per heavy atom. The zero-order valence-electron chi connectivity index (χ0n) is 11.8. The molecule has 1 aromatic heterocycles. The van der Waals surface area contributed by atoms with Crippen LogP contribution in [-0.2, 0) is 6.42 Å². The monoisotopic (exact) mass is 347 g/mol. The van der Waals surface area contributed by atoms with Crippen LogP contribution in [0.25, 0.3) is 10.8 Å². The Hall–Kier alpha value is -2.24. The minimum atomic E-state index is 0.241. The van der Waals surface area contributed by atoms with Crippen molar-refractivity contribution >= 4 is 39.7 Å². The molecular formula is C16H11Cl2N3O2. The average molecular weight is 348 g/mol. The van der Waals surface area contributed by atoms with Gasteiger partial charge in [-0.2, -0.15) is 5.10 Å². The van der Waals surface area contributed by atoms with Crippen LogP contribution in [0.15, 0.2) is 30.3 Å². The molecule has 0 fully saturated rings. The molecule has 4 rings (SSSR count). The standard InChI is InChI=1S/C16H11Cl2N3O2/c17-10-3-2-9-14(15(10)19)11(20-21-16(9)18)5-8-1-4-12-13(6-8)23-7-22-12/h1-4,6H,5,7,19H2. The summed E-state index contributed by atoms with van der Waals surface area (Å²) in [5.74, 6) is 1.46. The molecule has 5 nitrogen and oxygen atoms in total. The normalized spacial score (nSPS) is 12.8. The third kappa shape index (κ3) is 2.42. The first-order valence-corrected chi connectivity index (χ1v) is 7.66. The zero-order chi connectivity index (χ0) is 16.0. The summed E-state index contributed by atoms with van der Waals surface area (Å²) in [5.41, 5.74) is 8.30. The van der Waals surface area contributed by atoms with Crippen molar-refractivity contribution in [3.05, 3.63) is 51.8 Å². The third-order valence-electron chi connectivity index (χ3n) is 3.77. The fourth-order valence-electron chi connectivity index (χ4n) is 2.65. The second kappa shape index (κ2) is 5.44. The predicted octanol–water partition coefficient (Wildman–Crippen LogP) is 3.84. The van der Waals surface area contributed by atoms with Crippen molar-refractivity contribution in [3.8, 4) is 11.5 Å². The molecule has 1 aliphatic rings. The maximum atomic E-state index is 6.14. The van der Waals surface area contributed by atoms with Crippen LogP contribution in [0.2, 0.25) is 10.2 Å². The maximum Gasteiger partial charge on any atom is 0.231 e. The van der Waals surface area contributed by atoms with Gasteiger partial charge in [0.05, 0.1) is 16.4 Å². The van der Waals surface area contributed by atoms with Crippen molar-refractivity contribution in [2.75, 3.05) is 12.5 Å². The Labute approximate surface area is 141 Å². The smallest absolute Gasteiger partial charge is 0.231 e. The molecule has 0 atom stereocenters. The molecule has 116 valence electrons. The summed E-state index contributed by atoms with van der Waals surface area (Å²) in [6.45, 7) is 0.241. The molecule has 0 radical (unpaired) electrons. The number of nitrogens with two attached hydrogens (primary N) is 1. The second-order valence-electron chi connectivity index (χ2n) is 5.19. The lowest BCUT2D eigenvalue weighted by Gasteiger charge is -2.10. The molecule has 7 heteroatoms. The molecule has 0 unspecified atom stereocenters. The Balaban J connectivity index is 1.83. The largest absolute Gasteiger partial charge is 0.454 e. The molecule has 0 bridgehead atoms. The van der Waals surface area contributed by atoms with E-state index in [0.717, 1.165) is 27.8 Å². The van der Waals surface area contributed by atoms with Crippen LogP contribution in [0.5, 0.6) is 11.5 Å². The number of rotatable bonds is 2. The van der Waals surface area contributed by atoms with E-state index >= 15 is 0 Å². The van der Waals surface area contributed by atoms with Crippen LogP contribution in [0.1, 0.15) is 11.3 Å². The van der Waals surface area contributed by atoms with E-state index in [1.807, 2.05) is 18.2 Å². The van der Waals surface area contributed by atoms with Crippen molar-refractivity contribution in [2.24, 2.45) is 0 Å². The molecule has 0 spiro atoms. The Kier molecular flexibility index (Phi) is 3.39. The first kappa shape index (κ1) is 14.4. The highest BCUT2D eigenvalue weighted by Crippen LogP contribution is 2.36. The number of halogens is 2. The van der Waals surface area contributed by atoms with E-state index in [1.165, 1.54) is 0 Å². The molecule has 0 saturated heterocycles. The van der Waals surface area contributed by atoms with Gasteiger partial charge < -0.3 is 15.2 Å². The zero-order valence-corrected chi connectivity index (χ0v) is 13.4. The van der Waals surface area contributed by atoms with Gasteiger partial charge in [-0.3, -0.25) is 0 Å². The van der Waals surface area contributed by atoms with Gasteiger partial charge in [0.25, 0.3) is 0 Å². The SMILES string of the molecule is Nc1c(Cl)ccc2c(Cl)nnc(Cc3ccc4c(c3)OCO4)c12. The van der Waals surface area contributed by atoms with Gasteiger partial charge in [0.15, 0.2) is 16.7 Å². The Morgan fingerprint density at radius 3 is 2.74 bits per heavy atom. The van der Waals surface area contributed by atoms with E-state index in [0.29, 0.717) is 28.0 Å². The van der Waals surface area contributed by atoms with Gasteiger partial charge in [0, 0.05) is 17.2 Å². The number of ether oxygens (including phenoxy) is 2. The Morgan fingerprint density at radius 2 is 1.87 bits per heavy atom. The van der Waals surface area contributed by atoms with E-state index in [9.17, 15) is 0 Å².